The first kappa shape index (κ1) is 14.3. The van der Waals surface area contributed by atoms with Crippen LogP contribution in [0.1, 0.15) is 35.7 Å². The Balaban J connectivity index is 1.89. The van der Waals surface area contributed by atoms with Gasteiger partial charge in [-0.1, -0.05) is 55.8 Å². The molecule has 0 atom stereocenters. The third-order valence-corrected chi connectivity index (χ3v) is 3.21. The van der Waals surface area contributed by atoms with Gasteiger partial charge >= 0.3 is 0 Å². The lowest BCUT2D eigenvalue weighted by molar-refractivity contribution is 0.0921. The van der Waals surface area contributed by atoms with Gasteiger partial charge in [-0.15, -0.1) is 0 Å². The van der Waals surface area contributed by atoms with Crippen molar-refractivity contribution in [2.45, 2.75) is 26.2 Å². The van der Waals surface area contributed by atoms with Gasteiger partial charge < -0.3 is 4.74 Å². The Morgan fingerprint density at radius 1 is 1.00 bits per heavy atom. The minimum absolute atomic E-state index is 0.0101. The number of aryl methyl sites for hydroxylation is 1. The van der Waals surface area contributed by atoms with Crippen LogP contribution < -0.4 is 4.74 Å². The zero-order valence-electron chi connectivity index (χ0n) is 11.8. The van der Waals surface area contributed by atoms with Crippen molar-refractivity contribution >= 4 is 5.78 Å². The van der Waals surface area contributed by atoms with E-state index >= 15 is 0 Å². The summed E-state index contributed by atoms with van der Waals surface area (Å²) < 4.78 is 5.47. The monoisotopic (exact) mass is 268 g/mol. The summed E-state index contributed by atoms with van der Waals surface area (Å²) >= 11 is 0. The molecule has 2 rings (SSSR count). The SMILES string of the molecule is CCCCc1ccc(C(=O)COc2ccccc2)cc1. The lowest BCUT2D eigenvalue weighted by Crippen LogP contribution is -2.11. The second kappa shape index (κ2) is 7.49. The highest BCUT2D eigenvalue weighted by molar-refractivity contribution is 5.97. The van der Waals surface area contributed by atoms with Crippen molar-refractivity contribution in [3.05, 3.63) is 65.7 Å². The second-order valence-corrected chi connectivity index (χ2v) is 4.83. The van der Waals surface area contributed by atoms with Gasteiger partial charge in [0.2, 0.25) is 0 Å². The number of carbonyl (C=O) groups excluding carboxylic acids is 1. The van der Waals surface area contributed by atoms with E-state index in [0.29, 0.717) is 5.56 Å². The molecular formula is C18H20O2. The molecule has 2 nitrogen and oxygen atoms in total. The molecule has 0 aliphatic rings. The maximum absolute atomic E-state index is 12.0. The molecule has 0 aliphatic heterocycles. The van der Waals surface area contributed by atoms with Crippen LogP contribution in [0.3, 0.4) is 0 Å². The summed E-state index contributed by atoms with van der Waals surface area (Å²) in [7, 11) is 0. The van der Waals surface area contributed by atoms with Gasteiger partial charge in [-0.05, 0) is 30.5 Å². The molecule has 0 fully saturated rings. The molecule has 0 amide bonds. The molecule has 0 unspecified atom stereocenters. The first-order valence-corrected chi connectivity index (χ1v) is 7.09. The third kappa shape index (κ3) is 4.23. The molecule has 0 bridgehead atoms. The maximum Gasteiger partial charge on any atom is 0.200 e. The minimum Gasteiger partial charge on any atom is -0.485 e. The van der Waals surface area contributed by atoms with Gasteiger partial charge in [0.15, 0.2) is 12.4 Å². The van der Waals surface area contributed by atoms with Gasteiger partial charge in [0.25, 0.3) is 0 Å². The highest BCUT2D eigenvalue weighted by Gasteiger charge is 2.06. The van der Waals surface area contributed by atoms with Crippen LogP contribution in [-0.2, 0) is 6.42 Å². The quantitative estimate of drug-likeness (QED) is 0.700. The molecule has 0 aromatic heterocycles. The number of hydrogen-bond acceptors (Lipinski definition) is 2. The van der Waals surface area contributed by atoms with Crippen molar-refractivity contribution in [3.63, 3.8) is 0 Å². The Morgan fingerprint density at radius 2 is 1.70 bits per heavy atom. The van der Waals surface area contributed by atoms with Crippen molar-refractivity contribution in [3.8, 4) is 5.75 Å². The summed E-state index contributed by atoms with van der Waals surface area (Å²) in [6, 6.07) is 17.2. The number of ketones is 1. The molecule has 0 saturated carbocycles. The van der Waals surface area contributed by atoms with Crippen molar-refractivity contribution in [2.24, 2.45) is 0 Å². The number of rotatable bonds is 7. The van der Waals surface area contributed by atoms with E-state index in [0.717, 1.165) is 12.2 Å². The van der Waals surface area contributed by atoms with Gasteiger partial charge in [-0.3, -0.25) is 4.79 Å². The molecule has 0 spiro atoms. The molecule has 0 radical (unpaired) electrons. The van der Waals surface area contributed by atoms with Crippen LogP contribution in [-0.4, -0.2) is 12.4 Å². The van der Waals surface area contributed by atoms with E-state index < -0.39 is 0 Å². The standard InChI is InChI=1S/C18H20O2/c1-2-3-7-15-10-12-16(13-11-15)18(19)14-20-17-8-5-4-6-9-17/h4-6,8-13H,2-3,7,14H2,1H3. The van der Waals surface area contributed by atoms with Crippen molar-refractivity contribution in [1.82, 2.24) is 0 Å². The van der Waals surface area contributed by atoms with E-state index in [1.54, 1.807) is 0 Å². The number of hydrogen-bond donors (Lipinski definition) is 0. The number of carbonyl (C=O) groups is 1. The zero-order valence-corrected chi connectivity index (χ0v) is 11.8. The van der Waals surface area contributed by atoms with E-state index in [9.17, 15) is 4.79 Å². The molecule has 20 heavy (non-hydrogen) atoms. The summed E-state index contributed by atoms with van der Waals surface area (Å²) in [5.41, 5.74) is 1.99. The summed E-state index contributed by atoms with van der Waals surface area (Å²) in [6.45, 7) is 2.26. The van der Waals surface area contributed by atoms with E-state index in [1.807, 2.05) is 54.6 Å². The van der Waals surface area contributed by atoms with E-state index in [2.05, 4.69) is 6.92 Å². The summed E-state index contributed by atoms with van der Waals surface area (Å²) in [5, 5.41) is 0. The second-order valence-electron chi connectivity index (χ2n) is 4.83. The van der Waals surface area contributed by atoms with Crippen LogP contribution in [0.15, 0.2) is 54.6 Å². The van der Waals surface area contributed by atoms with Crippen LogP contribution in [0.25, 0.3) is 0 Å². The Bertz CT molecular complexity index is 529. The van der Waals surface area contributed by atoms with Crippen LogP contribution >= 0.6 is 0 Å². The Morgan fingerprint density at radius 3 is 2.35 bits per heavy atom. The zero-order chi connectivity index (χ0) is 14.2. The number of Topliss-reactive ketones (excluding diaryl/α,β-unsaturated/α-hetero) is 1. The fraction of sp³-hybridized carbons (Fsp3) is 0.278. The van der Waals surface area contributed by atoms with Crippen LogP contribution in [0, 0.1) is 0 Å². The Labute approximate surface area is 120 Å². The molecule has 2 aromatic rings. The smallest absolute Gasteiger partial charge is 0.200 e. The Kier molecular flexibility index (Phi) is 5.36. The fourth-order valence-electron chi connectivity index (χ4n) is 1.99. The first-order valence-electron chi connectivity index (χ1n) is 7.09. The molecule has 2 aromatic carbocycles. The number of ether oxygens (including phenoxy) is 1. The predicted octanol–water partition coefficient (Wildman–Crippen LogP) is 4.29. The van der Waals surface area contributed by atoms with Gasteiger partial charge in [0.1, 0.15) is 5.75 Å². The van der Waals surface area contributed by atoms with Gasteiger partial charge in [0.05, 0.1) is 0 Å². The summed E-state index contributed by atoms with van der Waals surface area (Å²) in [6.07, 6.45) is 3.45. The molecule has 2 heteroatoms. The summed E-state index contributed by atoms with van der Waals surface area (Å²) in [4.78, 5) is 12.0. The van der Waals surface area contributed by atoms with Crippen LogP contribution in [0.5, 0.6) is 5.75 Å². The number of unbranched alkanes of at least 4 members (excludes halogenated alkanes) is 1. The molecular weight excluding hydrogens is 248 g/mol. The Hall–Kier alpha value is -2.09. The topological polar surface area (TPSA) is 26.3 Å². The van der Waals surface area contributed by atoms with Gasteiger partial charge in [0, 0.05) is 5.56 Å². The van der Waals surface area contributed by atoms with Crippen molar-refractivity contribution in [2.75, 3.05) is 6.61 Å². The predicted molar refractivity (Wildman–Crippen MR) is 81.3 cm³/mol. The lowest BCUT2D eigenvalue weighted by Gasteiger charge is -2.06. The fourth-order valence-corrected chi connectivity index (χ4v) is 1.99. The van der Waals surface area contributed by atoms with E-state index in [4.69, 9.17) is 4.74 Å². The van der Waals surface area contributed by atoms with Crippen molar-refractivity contribution < 1.29 is 9.53 Å². The normalized spacial score (nSPS) is 10.2. The molecule has 0 aliphatic carbocycles. The number of benzene rings is 2. The van der Waals surface area contributed by atoms with Crippen molar-refractivity contribution in [1.29, 1.82) is 0 Å². The van der Waals surface area contributed by atoms with E-state index in [1.165, 1.54) is 18.4 Å². The van der Waals surface area contributed by atoms with Crippen LogP contribution in [0.2, 0.25) is 0 Å². The molecule has 0 heterocycles. The first-order chi connectivity index (χ1) is 9.79. The highest BCUT2D eigenvalue weighted by Crippen LogP contribution is 2.11. The number of para-hydroxylation sites is 1. The third-order valence-electron chi connectivity index (χ3n) is 3.21. The van der Waals surface area contributed by atoms with E-state index in [-0.39, 0.29) is 12.4 Å². The van der Waals surface area contributed by atoms with Crippen LogP contribution in [0.4, 0.5) is 0 Å². The molecule has 104 valence electrons. The largest absolute Gasteiger partial charge is 0.485 e. The summed E-state index contributed by atoms with van der Waals surface area (Å²) in [5.74, 6) is 0.733. The van der Waals surface area contributed by atoms with Gasteiger partial charge in [-0.2, -0.15) is 0 Å². The molecule has 0 saturated heterocycles. The molecule has 0 N–H and O–H groups in total. The average molecular weight is 268 g/mol. The lowest BCUT2D eigenvalue weighted by atomic mass is 10.0. The maximum atomic E-state index is 12.0. The minimum atomic E-state index is 0.0101. The van der Waals surface area contributed by atoms with Gasteiger partial charge in [-0.25, -0.2) is 0 Å². The highest BCUT2D eigenvalue weighted by atomic mass is 16.5. The average Bonchev–Trinajstić information content (AvgIpc) is 2.52.